The van der Waals surface area contributed by atoms with Gasteiger partial charge in [0.05, 0.1) is 24.1 Å². The minimum absolute atomic E-state index is 0.0516. The van der Waals surface area contributed by atoms with Gasteiger partial charge < -0.3 is 35.4 Å². The molecule has 1 saturated heterocycles. The first-order valence-corrected chi connectivity index (χ1v) is 11.4. The van der Waals surface area contributed by atoms with Crippen molar-refractivity contribution in [2.24, 2.45) is 0 Å². The summed E-state index contributed by atoms with van der Waals surface area (Å²) in [4.78, 5) is 54.4. The third-order valence-electron chi connectivity index (χ3n) is 5.14. The van der Waals surface area contributed by atoms with Crippen molar-refractivity contribution in [2.75, 3.05) is 12.3 Å². The Morgan fingerprint density at radius 2 is 1.89 bits per heavy atom. The number of ether oxygens (including phenoxy) is 1. The van der Waals surface area contributed by atoms with E-state index < -0.39 is 73.3 Å². The molecule has 3 aromatic rings. The molecule has 0 aliphatic carbocycles. The second-order valence-electron chi connectivity index (χ2n) is 7.49. The number of fused-ring (bicyclic) bond motifs is 1. The van der Waals surface area contributed by atoms with E-state index in [4.69, 9.17) is 29.7 Å². The van der Waals surface area contributed by atoms with E-state index >= 15 is 0 Å². The molecule has 18 heteroatoms. The first-order chi connectivity index (χ1) is 16.9. The number of hydrogen-bond donors (Lipinski definition) is 7. The smallest absolute Gasteiger partial charge is 0.478 e. The molecule has 192 valence electrons. The van der Waals surface area contributed by atoms with Gasteiger partial charge in [-0.15, -0.1) is 0 Å². The van der Waals surface area contributed by atoms with E-state index in [1.54, 1.807) is 0 Å². The number of aromatic nitrogens is 4. The number of H-pyrrole nitrogens is 1. The monoisotopic (exact) mass is 527 g/mol. The highest BCUT2D eigenvalue weighted by Gasteiger charge is 2.45. The number of phosphoric ester groups is 1. The molecule has 8 N–H and O–H groups in total. The number of nitrogens with one attached hydrogen (secondary N) is 1. The van der Waals surface area contributed by atoms with Gasteiger partial charge in [-0.3, -0.25) is 23.8 Å². The van der Waals surface area contributed by atoms with Crippen LogP contribution in [0, 0.1) is 0 Å². The fraction of sp³-hybridized carbons (Fsp3) is 0.278. The Balaban J connectivity index is 1.47. The molecule has 0 spiro atoms. The van der Waals surface area contributed by atoms with Crippen LogP contribution in [-0.4, -0.2) is 81.7 Å². The summed E-state index contributed by atoms with van der Waals surface area (Å²) in [6.07, 6.45) is -4.79. The number of carboxylic acid groups (broad SMARTS) is 2. The van der Waals surface area contributed by atoms with Crippen LogP contribution in [-0.2, 0) is 13.8 Å². The van der Waals surface area contributed by atoms with Crippen LogP contribution in [0.2, 0.25) is 0 Å². The number of aromatic carboxylic acids is 2. The fourth-order valence-corrected chi connectivity index (χ4v) is 4.26. The average molecular weight is 527 g/mol. The van der Waals surface area contributed by atoms with E-state index in [1.807, 2.05) is 0 Å². The van der Waals surface area contributed by atoms with Crippen LogP contribution in [0.3, 0.4) is 0 Å². The van der Waals surface area contributed by atoms with Crippen LogP contribution in [0.25, 0.3) is 11.2 Å². The van der Waals surface area contributed by atoms with Crippen molar-refractivity contribution >= 4 is 36.9 Å². The number of benzene rings is 1. The zero-order chi connectivity index (χ0) is 26.4. The molecule has 5 atom stereocenters. The largest absolute Gasteiger partial charge is 0.527 e. The average Bonchev–Trinajstić information content (AvgIpc) is 3.33. The standard InChI is InChI=1S/C18H18N5O12P/c19-18-21-13-10(14(26)22-18)20-5-23(13)15-12(25)11(24)9(34-15)4-33-36(31,32)35-6-1-2-7(16(27)28)8(3-6)17(29)30/h1-3,5,9,11-12,15,24-25H,4H2,(H,27,28)(H,29,30)(H,31,32)(H3,19,21,22,26)/t9-,11-,12-,15-/m1/s1. The van der Waals surface area contributed by atoms with Gasteiger partial charge in [-0.1, -0.05) is 0 Å². The van der Waals surface area contributed by atoms with Crippen molar-refractivity contribution in [3.63, 3.8) is 0 Å². The molecule has 0 radical (unpaired) electrons. The Hall–Kier alpha value is -3.86. The lowest BCUT2D eigenvalue weighted by Gasteiger charge is -2.18. The number of nitrogens with zero attached hydrogens (tertiary/aromatic N) is 3. The van der Waals surface area contributed by atoms with Crippen LogP contribution in [0.1, 0.15) is 26.9 Å². The normalized spacial score (nSPS) is 23.4. The quantitative estimate of drug-likeness (QED) is 0.172. The molecular weight excluding hydrogens is 509 g/mol. The molecule has 1 fully saturated rings. The molecule has 36 heavy (non-hydrogen) atoms. The summed E-state index contributed by atoms with van der Waals surface area (Å²) >= 11 is 0. The van der Waals surface area contributed by atoms with Gasteiger partial charge in [0.2, 0.25) is 5.95 Å². The first-order valence-electron chi connectivity index (χ1n) is 9.89. The molecule has 2 aromatic heterocycles. The molecular formula is C18H18N5O12P. The maximum absolute atomic E-state index is 12.4. The highest BCUT2D eigenvalue weighted by molar-refractivity contribution is 7.47. The van der Waals surface area contributed by atoms with Crippen molar-refractivity contribution in [2.45, 2.75) is 24.5 Å². The van der Waals surface area contributed by atoms with Crippen molar-refractivity contribution in [3.8, 4) is 5.75 Å². The summed E-state index contributed by atoms with van der Waals surface area (Å²) < 4.78 is 28.6. The number of phosphoric acid groups is 1. The maximum atomic E-state index is 12.4. The van der Waals surface area contributed by atoms with E-state index in [2.05, 4.69) is 15.0 Å². The van der Waals surface area contributed by atoms with Gasteiger partial charge in [0.1, 0.15) is 24.1 Å². The minimum atomic E-state index is -4.94. The number of anilines is 1. The van der Waals surface area contributed by atoms with E-state index in [-0.39, 0.29) is 17.1 Å². The molecule has 3 heterocycles. The Kier molecular flexibility index (Phi) is 6.52. The highest BCUT2D eigenvalue weighted by atomic mass is 31.2. The van der Waals surface area contributed by atoms with Gasteiger partial charge in [-0.2, -0.15) is 4.98 Å². The molecule has 0 bridgehead atoms. The number of carbonyl (C=O) groups is 2. The van der Waals surface area contributed by atoms with Gasteiger partial charge in [-0.05, 0) is 18.2 Å². The lowest BCUT2D eigenvalue weighted by molar-refractivity contribution is -0.0501. The number of carboxylic acids is 2. The Labute approximate surface area is 198 Å². The lowest BCUT2D eigenvalue weighted by atomic mass is 10.1. The summed E-state index contributed by atoms with van der Waals surface area (Å²) in [5.74, 6) is -3.86. The SMILES string of the molecule is Nc1nc2c(ncn2[C@@H]2O[C@H](COP(=O)(O)Oc3ccc(C(=O)O)c(C(=O)O)c3)[C@@H](O)[C@H]2O)c(=O)[nH]1. The molecule has 1 aliphatic heterocycles. The van der Waals surface area contributed by atoms with Gasteiger partial charge in [-0.25, -0.2) is 19.1 Å². The van der Waals surface area contributed by atoms with Gasteiger partial charge >= 0.3 is 19.8 Å². The topological polar surface area (TPSA) is 270 Å². The van der Waals surface area contributed by atoms with E-state index in [1.165, 1.54) is 0 Å². The lowest BCUT2D eigenvalue weighted by Crippen LogP contribution is -2.33. The van der Waals surface area contributed by atoms with E-state index in [9.17, 15) is 34.1 Å². The third kappa shape index (κ3) is 4.78. The Morgan fingerprint density at radius 3 is 2.56 bits per heavy atom. The second-order valence-corrected chi connectivity index (χ2v) is 8.87. The van der Waals surface area contributed by atoms with Crippen LogP contribution in [0.5, 0.6) is 5.75 Å². The van der Waals surface area contributed by atoms with Gasteiger partial charge in [0.25, 0.3) is 5.56 Å². The molecule has 0 amide bonds. The fourth-order valence-electron chi connectivity index (χ4n) is 3.50. The van der Waals surface area contributed by atoms with Crippen LogP contribution in [0.15, 0.2) is 29.3 Å². The van der Waals surface area contributed by atoms with E-state index in [0.29, 0.717) is 0 Å². The predicted molar refractivity (Wildman–Crippen MR) is 115 cm³/mol. The minimum Gasteiger partial charge on any atom is -0.478 e. The summed E-state index contributed by atoms with van der Waals surface area (Å²) in [5.41, 5.74) is 3.45. The summed E-state index contributed by atoms with van der Waals surface area (Å²) in [6, 6.07) is 2.55. The zero-order valence-corrected chi connectivity index (χ0v) is 18.7. The van der Waals surface area contributed by atoms with Gasteiger partial charge in [0, 0.05) is 0 Å². The molecule has 17 nitrogen and oxygen atoms in total. The summed E-state index contributed by atoms with van der Waals surface area (Å²) in [6.45, 7) is -0.774. The summed E-state index contributed by atoms with van der Waals surface area (Å²) in [5, 5.41) is 39.0. The van der Waals surface area contributed by atoms with Crippen LogP contribution < -0.4 is 15.8 Å². The number of aliphatic hydroxyl groups is 2. The Bertz CT molecular complexity index is 1450. The van der Waals surface area contributed by atoms with Crippen molar-refractivity contribution in [1.29, 1.82) is 0 Å². The van der Waals surface area contributed by atoms with Crippen molar-refractivity contribution in [1.82, 2.24) is 19.5 Å². The predicted octanol–water partition coefficient (Wildman–Crippen LogP) is -1.09. The maximum Gasteiger partial charge on any atom is 0.527 e. The third-order valence-corrected chi connectivity index (χ3v) is 6.05. The van der Waals surface area contributed by atoms with Crippen LogP contribution in [0.4, 0.5) is 5.95 Å². The highest BCUT2D eigenvalue weighted by Crippen LogP contribution is 2.45. The number of rotatable bonds is 8. The summed E-state index contributed by atoms with van der Waals surface area (Å²) in [7, 11) is -4.94. The van der Waals surface area contributed by atoms with Gasteiger partial charge in [0.15, 0.2) is 17.4 Å². The molecule has 4 rings (SSSR count). The second kappa shape index (κ2) is 9.30. The van der Waals surface area contributed by atoms with Crippen molar-refractivity contribution in [3.05, 3.63) is 46.0 Å². The number of imidazole rings is 1. The van der Waals surface area contributed by atoms with Crippen LogP contribution >= 0.6 is 7.82 Å². The Morgan fingerprint density at radius 1 is 1.19 bits per heavy atom. The molecule has 1 unspecified atom stereocenters. The number of nitrogen functional groups attached to an aromatic ring is 1. The number of aromatic amines is 1. The van der Waals surface area contributed by atoms with E-state index in [0.717, 1.165) is 29.1 Å². The number of nitrogens with two attached hydrogens (primary N) is 1. The zero-order valence-electron chi connectivity index (χ0n) is 17.8. The molecule has 1 aliphatic rings. The van der Waals surface area contributed by atoms with Crippen molar-refractivity contribution < 1.29 is 53.3 Å². The molecule has 0 saturated carbocycles. The number of hydrogen-bond acceptors (Lipinski definition) is 12. The first kappa shape index (κ1) is 25.2. The molecule has 1 aromatic carbocycles. The number of aliphatic hydroxyl groups excluding tert-OH is 2.